The fourth-order valence-electron chi connectivity index (χ4n) is 3.49. The third-order valence-electron chi connectivity index (χ3n) is 5.02. The second-order valence-corrected chi connectivity index (χ2v) is 9.02. The van der Waals surface area contributed by atoms with Crippen molar-refractivity contribution in [2.24, 2.45) is 0 Å². The van der Waals surface area contributed by atoms with Crippen molar-refractivity contribution in [2.75, 3.05) is 16.2 Å². The quantitative estimate of drug-likeness (QED) is 0.429. The van der Waals surface area contributed by atoms with Gasteiger partial charge < -0.3 is 9.73 Å². The monoisotopic (exact) mass is 452 g/mol. The van der Waals surface area contributed by atoms with Crippen LogP contribution in [0.2, 0.25) is 0 Å². The van der Waals surface area contributed by atoms with Crippen LogP contribution in [0.5, 0.6) is 0 Å². The van der Waals surface area contributed by atoms with Gasteiger partial charge in [-0.15, -0.1) is 0 Å². The van der Waals surface area contributed by atoms with Gasteiger partial charge in [0.05, 0.1) is 23.3 Å². The van der Waals surface area contributed by atoms with Crippen molar-refractivity contribution in [3.63, 3.8) is 0 Å². The van der Waals surface area contributed by atoms with E-state index in [1.165, 1.54) is 53.0 Å². The van der Waals surface area contributed by atoms with Crippen molar-refractivity contribution < 1.29 is 22.0 Å². The largest absolute Gasteiger partial charge is 0.464 e. The molecule has 1 heterocycles. The number of anilines is 2. The van der Waals surface area contributed by atoms with E-state index < -0.39 is 15.8 Å². The molecule has 0 atom stereocenters. The number of fused-ring (bicyclic) bond motifs is 1. The van der Waals surface area contributed by atoms with Crippen LogP contribution in [0.1, 0.15) is 12.5 Å². The summed E-state index contributed by atoms with van der Waals surface area (Å²) < 4.78 is 46.3. The Morgan fingerprint density at radius 3 is 2.44 bits per heavy atom. The Balaban J connectivity index is 1.48. The third-order valence-corrected chi connectivity index (χ3v) is 6.94. The number of rotatable bonds is 7. The number of carbonyl (C=O) groups is 1. The van der Waals surface area contributed by atoms with E-state index in [0.717, 1.165) is 0 Å². The zero-order chi connectivity index (χ0) is 22.7. The fourth-order valence-corrected chi connectivity index (χ4v) is 4.97. The lowest BCUT2D eigenvalue weighted by atomic mass is 10.1. The zero-order valence-electron chi connectivity index (χ0n) is 17.3. The van der Waals surface area contributed by atoms with E-state index >= 15 is 0 Å². The molecule has 0 unspecified atom stereocenters. The standard InChI is InChI=1S/C24H21FN2O4S/c1-2-27(20-6-4-3-5-7-20)32(29,30)21-11-9-19(10-12-21)26-24(28)14-17-16-31-23-13-8-18(25)15-22(17)23/h3-13,15-16H,2,14H2,1H3,(H,26,28). The van der Waals surface area contributed by atoms with Gasteiger partial charge in [-0.05, 0) is 61.5 Å². The lowest BCUT2D eigenvalue weighted by Gasteiger charge is -2.23. The van der Waals surface area contributed by atoms with E-state index in [-0.39, 0.29) is 23.8 Å². The summed E-state index contributed by atoms with van der Waals surface area (Å²) in [5.41, 5.74) is 2.10. The van der Waals surface area contributed by atoms with Gasteiger partial charge in [0.25, 0.3) is 10.0 Å². The summed E-state index contributed by atoms with van der Waals surface area (Å²) >= 11 is 0. The van der Waals surface area contributed by atoms with Crippen molar-refractivity contribution in [3.8, 4) is 0 Å². The molecular weight excluding hydrogens is 431 g/mol. The van der Waals surface area contributed by atoms with Crippen molar-refractivity contribution in [1.29, 1.82) is 0 Å². The Morgan fingerprint density at radius 1 is 1.03 bits per heavy atom. The second-order valence-electron chi connectivity index (χ2n) is 7.16. The minimum Gasteiger partial charge on any atom is -0.464 e. The number of sulfonamides is 1. The van der Waals surface area contributed by atoms with Gasteiger partial charge in [0.1, 0.15) is 11.4 Å². The maximum atomic E-state index is 13.5. The highest BCUT2D eigenvalue weighted by molar-refractivity contribution is 7.92. The van der Waals surface area contributed by atoms with Gasteiger partial charge in [-0.3, -0.25) is 9.10 Å². The van der Waals surface area contributed by atoms with E-state index in [4.69, 9.17) is 4.42 Å². The number of amides is 1. The van der Waals surface area contributed by atoms with Crippen LogP contribution in [0.3, 0.4) is 0 Å². The molecule has 32 heavy (non-hydrogen) atoms. The van der Waals surface area contributed by atoms with E-state index in [1.807, 2.05) is 6.07 Å². The minimum atomic E-state index is -3.75. The second kappa shape index (κ2) is 8.84. The first-order valence-corrected chi connectivity index (χ1v) is 11.5. The van der Waals surface area contributed by atoms with Gasteiger partial charge in [0, 0.05) is 23.2 Å². The minimum absolute atomic E-state index is 0.00583. The summed E-state index contributed by atoms with van der Waals surface area (Å²) in [4.78, 5) is 12.6. The molecule has 0 aliphatic rings. The molecule has 1 N–H and O–H groups in total. The van der Waals surface area contributed by atoms with Gasteiger partial charge in [0.2, 0.25) is 5.91 Å². The summed E-state index contributed by atoms with van der Waals surface area (Å²) in [5.74, 6) is -0.735. The van der Waals surface area contributed by atoms with Crippen molar-refractivity contribution in [1.82, 2.24) is 0 Å². The molecule has 1 amide bonds. The smallest absolute Gasteiger partial charge is 0.264 e. The predicted octanol–water partition coefficient (Wildman–Crippen LogP) is 4.97. The molecule has 4 rings (SSSR count). The summed E-state index contributed by atoms with van der Waals surface area (Å²) in [5, 5.41) is 3.27. The van der Waals surface area contributed by atoms with Crippen LogP contribution in [-0.4, -0.2) is 20.9 Å². The van der Waals surface area contributed by atoms with Crippen LogP contribution in [0.25, 0.3) is 11.0 Å². The first-order valence-electron chi connectivity index (χ1n) is 10.0. The van der Waals surface area contributed by atoms with Gasteiger partial charge in [-0.25, -0.2) is 12.8 Å². The molecule has 164 valence electrons. The molecule has 4 aromatic rings. The Kier molecular flexibility index (Phi) is 5.96. The molecular formula is C24H21FN2O4S. The van der Waals surface area contributed by atoms with Crippen LogP contribution < -0.4 is 9.62 Å². The topological polar surface area (TPSA) is 79.6 Å². The molecule has 8 heteroatoms. The maximum absolute atomic E-state index is 13.5. The van der Waals surface area contributed by atoms with Crippen LogP contribution in [-0.2, 0) is 21.2 Å². The number of hydrogen-bond donors (Lipinski definition) is 1. The summed E-state index contributed by atoms with van der Waals surface area (Å²) in [6.07, 6.45) is 1.43. The number of nitrogens with zero attached hydrogens (tertiary/aromatic N) is 1. The third kappa shape index (κ3) is 4.36. The highest BCUT2D eigenvalue weighted by Gasteiger charge is 2.23. The molecule has 0 radical (unpaired) electrons. The first-order chi connectivity index (χ1) is 15.4. The zero-order valence-corrected chi connectivity index (χ0v) is 18.1. The molecule has 0 aliphatic heterocycles. The SMILES string of the molecule is CCN(c1ccccc1)S(=O)(=O)c1ccc(NC(=O)Cc2coc3ccc(F)cc23)cc1. The Hall–Kier alpha value is -3.65. The average molecular weight is 453 g/mol. The molecule has 1 aromatic heterocycles. The molecule has 0 spiro atoms. The summed E-state index contributed by atoms with van der Waals surface area (Å²) in [7, 11) is -3.75. The normalized spacial score (nSPS) is 11.4. The van der Waals surface area contributed by atoms with Gasteiger partial charge in [0.15, 0.2) is 0 Å². The van der Waals surface area contributed by atoms with E-state index in [0.29, 0.717) is 27.9 Å². The molecule has 0 saturated carbocycles. The molecule has 0 bridgehead atoms. The Labute approximate surface area is 185 Å². The average Bonchev–Trinajstić information content (AvgIpc) is 3.17. The van der Waals surface area contributed by atoms with Gasteiger partial charge in [-0.1, -0.05) is 18.2 Å². The first kappa shape index (κ1) is 21.6. The van der Waals surface area contributed by atoms with E-state index in [2.05, 4.69) is 5.32 Å². The van der Waals surface area contributed by atoms with E-state index in [9.17, 15) is 17.6 Å². The van der Waals surface area contributed by atoms with Crippen LogP contribution in [0.15, 0.2) is 88.4 Å². The highest BCUT2D eigenvalue weighted by Crippen LogP contribution is 2.25. The number of para-hydroxylation sites is 1. The van der Waals surface area contributed by atoms with Crippen LogP contribution in [0, 0.1) is 5.82 Å². The maximum Gasteiger partial charge on any atom is 0.264 e. The predicted molar refractivity (Wildman–Crippen MR) is 122 cm³/mol. The molecule has 3 aromatic carbocycles. The number of hydrogen-bond acceptors (Lipinski definition) is 4. The number of benzene rings is 3. The lowest BCUT2D eigenvalue weighted by Crippen LogP contribution is -2.30. The number of halogens is 1. The molecule has 0 fully saturated rings. The van der Waals surface area contributed by atoms with Crippen molar-refractivity contribution in [3.05, 3.63) is 90.4 Å². The van der Waals surface area contributed by atoms with Crippen LogP contribution >= 0.6 is 0 Å². The highest BCUT2D eigenvalue weighted by atomic mass is 32.2. The number of furan rings is 1. The van der Waals surface area contributed by atoms with Crippen molar-refractivity contribution >= 4 is 38.3 Å². The summed E-state index contributed by atoms with van der Waals surface area (Å²) in [6.45, 7) is 2.05. The molecule has 6 nitrogen and oxygen atoms in total. The molecule has 0 aliphatic carbocycles. The van der Waals surface area contributed by atoms with Gasteiger partial charge >= 0.3 is 0 Å². The number of carbonyl (C=O) groups excluding carboxylic acids is 1. The van der Waals surface area contributed by atoms with Gasteiger partial charge in [-0.2, -0.15) is 0 Å². The van der Waals surface area contributed by atoms with Crippen LogP contribution in [0.4, 0.5) is 15.8 Å². The van der Waals surface area contributed by atoms with Crippen molar-refractivity contribution in [2.45, 2.75) is 18.2 Å². The number of nitrogens with one attached hydrogen (secondary N) is 1. The molecule has 0 saturated heterocycles. The fraction of sp³-hybridized carbons (Fsp3) is 0.125. The lowest BCUT2D eigenvalue weighted by molar-refractivity contribution is -0.115. The summed E-state index contributed by atoms with van der Waals surface area (Å²) in [6, 6.07) is 19.0. The van der Waals surface area contributed by atoms with E-state index in [1.54, 1.807) is 31.2 Å². The Morgan fingerprint density at radius 2 is 1.75 bits per heavy atom. The Bertz CT molecular complexity index is 1350.